The maximum absolute atomic E-state index is 12.3. The second-order valence-corrected chi connectivity index (χ2v) is 5.30. The van der Waals surface area contributed by atoms with E-state index < -0.39 is 0 Å². The SMILES string of the molecule is CC(=O)N1CCC(C(=O)Nc2ccc3ocnc3c2)CC1. The molecular weight excluding hydrogens is 270 g/mol. The number of nitrogens with one attached hydrogen (secondary N) is 1. The van der Waals surface area contributed by atoms with Crippen molar-refractivity contribution in [1.82, 2.24) is 9.88 Å². The topological polar surface area (TPSA) is 75.4 Å². The molecule has 0 atom stereocenters. The standard InChI is InChI=1S/C15H17N3O3/c1-10(19)18-6-4-11(5-7-18)15(20)17-12-2-3-14-13(8-12)16-9-21-14/h2-3,8-9,11H,4-7H2,1H3,(H,17,20). The normalized spacial score (nSPS) is 16.1. The van der Waals surface area contributed by atoms with Crippen molar-refractivity contribution >= 4 is 28.6 Å². The number of piperidine rings is 1. The molecule has 0 radical (unpaired) electrons. The highest BCUT2D eigenvalue weighted by Gasteiger charge is 2.26. The minimum Gasteiger partial charge on any atom is -0.443 e. The van der Waals surface area contributed by atoms with Crippen molar-refractivity contribution in [2.75, 3.05) is 18.4 Å². The number of aromatic nitrogens is 1. The van der Waals surface area contributed by atoms with Gasteiger partial charge in [-0.25, -0.2) is 4.98 Å². The van der Waals surface area contributed by atoms with Crippen LogP contribution in [-0.4, -0.2) is 34.8 Å². The van der Waals surface area contributed by atoms with Crippen molar-refractivity contribution < 1.29 is 14.0 Å². The van der Waals surface area contributed by atoms with Crippen molar-refractivity contribution in [3.05, 3.63) is 24.6 Å². The summed E-state index contributed by atoms with van der Waals surface area (Å²) in [4.78, 5) is 29.4. The Bertz CT molecular complexity index is 672. The van der Waals surface area contributed by atoms with Gasteiger partial charge in [0, 0.05) is 31.6 Å². The second-order valence-electron chi connectivity index (χ2n) is 5.30. The van der Waals surface area contributed by atoms with Gasteiger partial charge < -0.3 is 14.6 Å². The van der Waals surface area contributed by atoms with Gasteiger partial charge in [0.15, 0.2) is 12.0 Å². The fraction of sp³-hybridized carbons (Fsp3) is 0.400. The van der Waals surface area contributed by atoms with Crippen molar-refractivity contribution in [1.29, 1.82) is 0 Å². The molecule has 2 heterocycles. The molecule has 1 aliphatic rings. The fourth-order valence-corrected chi connectivity index (χ4v) is 2.64. The minimum atomic E-state index is -0.0476. The van der Waals surface area contributed by atoms with E-state index in [1.165, 1.54) is 6.39 Å². The zero-order valence-electron chi connectivity index (χ0n) is 11.8. The highest BCUT2D eigenvalue weighted by molar-refractivity contribution is 5.94. The van der Waals surface area contributed by atoms with Gasteiger partial charge in [0.05, 0.1) is 0 Å². The number of carbonyl (C=O) groups is 2. The van der Waals surface area contributed by atoms with Gasteiger partial charge in [-0.3, -0.25) is 9.59 Å². The number of oxazole rings is 1. The quantitative estimate of drug-likeness (QED) is 0.917. The monoisotopic (exact) mass is 287 g/mol. The number of nitrogens with zero attached hydrogens (tertiary/aromatic N) is 2. The van der Waals surface area contributed by atoms with Gasteiger partial charge in [-0.1, -0.05) is 0 Å². The molecule has 21 heavy (non-hydrogen) atoms. The van der Waals surface area contributed by atoms with Crippen LogP contribution in [0.1, 0.15) is 19.8 Å². The van der Waals surface area contributed by atoms with E-state index in [1.54, 1.807) is 30.0 Å². The number of hydrogen-bond acceptors (Lipinski definition) is 4. The fourth-order valence-electron chi connectivity index (χ4n) is 2.64. The Morgan fingerprint density at radius 3 is 2.81 bits per heavy atom. The third-order valence-corrected chi connectivity index (χ3v) is 3.91. The average Bonchev–Trinajstić information content (AvgIpc) is 2.95. The summed E-state index contributed by atoms with van der Waals surface area (Å²) in [7, 11) is 0. The molecule has 1 aliphatic heterocycles. The van der Waals surface area contributed by atoms with E-state index in [0.717, 1.165) is 11.2 Å². The molecule has 1 N–H and O–H groups in total. The van der Waals surface area contributed by atoms with Crippen molar-refractivity contribution in [2.45, 2.75) is 19.8 Å². The lowest BCUT2D eigenvalue weighted by Crippen LogP contribution is -2.40. The molecular formula is C15H17N3O3. The summed E-state index contributed by atoms with van der Waals surface area (Å²) in [6, 6.07) is 5.38. The Morgan fingerprint density at radius 1 is 1.33 bits per heavy atom. The Kier molecular flexibility index (Phi) is 3.60. The largest absolute Gasteiger partial charge is 0.443 e. The molecule has 2 amide bonds. The summed E-state index contributed by atoms with van der Waals surface area (Å²) in [5, 5.41) is 2.91. The van der Waals surface area contributed by atoms with Crippen LogP contribution in [0.3, 0.4) is 0 Å². The molecule has 0 aliphatic carbocycles. The Morgan fingerprint density at radius 2 is 2.10 bits per heavy atom. The van der Waals surface area contributed by atoms with E-state index in [1.807, 2.05) is 0 Å². The van der Waals surface area contributed by atoms with Gasteiger partial charge in [0.1, 0.15) is 5.52 Å². The first kappa shape index (κ1) is 13.6. The maximum atomic E-state index is 12.3. The second kappa shape index (κ2) is 5.55. The van der Waals surface area contributed by atoms with Gasteiger partial charge in [0.25, 0.3) is 0 Å². The van der Waals surface area contributed by atoms with Gasteiger partial charge in [-0.15, -0.1) is 0 Å². The third-order valence-electron chi connectivity index (χ3n) is 3.91. The Labute approximate surface area is 122 Å². The molecule has 1 aromatic heterocycles. The summed E-state index contributed by atoms with van der Waals surface area (Å²) in [6.07, 6.45) is 2.79. The van der Waals surface area contributed by atoms with Gasteiger partial charge >= 0.3 is 0 Å². The minimum absolute atomic E-state index is 0.000969. The van der Waals surface area contributed by atoms with Crippen LogP contribution in [0.5, 0.6) is 0 Å². The summed E-state index contributed by atoms with van der Waals surface area (Å²) < 4.78 is 5.17. The lowest BCUT2D eigenvalue weighted by molar-refractivity contribution is -0.132. The van der Waals surface area contributed by atoms with Crippen LogP contribution in [0.25, 0.3) is 11.1 Å². The predicted molar refractivity (Wildman–Crippen MR) is 77.6 cm³/mol. The van der Waals surface area contributed by atoms with Gasteiger partial charge in [-0.05, 0) is 31.0 Å². The summed E-state index contributed by atoms with van der Waals surface area (Å²) in [6.45, 7) is 2.86. The average molecular weight is 287 g/mol. The number of rotatable bonds is 2. The summed E-state index contributed by atoms with van der Waals surface area (Å²) in [5.74, 6) is 0.0278. The molecule has 0 spiro atoms. The molecule has 1 aromatic carbocycles. The highest BCUT2D eigenvalue weighted by Crippen LogP contribution is 2.21. The first-order valence-corrected chi connectivity index (χ1v) is 7.03. The predicted octanol–water partition coefficient (Wildman–Crippen LogP) is 2.02. The van der Waals surface area contributed by atoms with E-state index >= 15 is 0 Å². The van der Waals surface area contributed by atoms with E-state index in [-0.39, 0.29) is 17.7 Å². The van der Waals surface area contributed by atoms with Gasteiger partial charge in [-0.2, -0.15) is 0 Å². The van der Waals surface area contributed by atoms with Crippen LogP contribution in [0.4, 0.5) is 5.69 Å². The Balaban J connectivity index is 1.62. The van der Waals surface area contributed by atoms with Crippen LogP contribution in [0.2, 0.25) is 0 Å². The molecule has 6 heteroatoms. The molecule has 6 nitrogen and oxygen atoms in total. The number of hydrogen-bond donors (Lipinski definition) is 1. The van der Waals surface area contributed by atoms with Crippen LogP contribution < -0.4 is 5.32 Å². The smallest absolute Gasteiger partial charge is 0.227 e. The van der Waals surface area contributed by atoms with E-state index in [0.29, 0.717) is 31.5 Å². The van der Waals surface area contributed by atoms with E-state index in [4.69, 9.17) is 4.42 Å². The number of fused-ring (bicyclic) bond motifs is 1. The molecule has 0 saturated carbocycles. The lowest BCUT2D eigenvalue weighted by atomic mass is 9.96. The van der Waals surface area contributed by atoms with Crippen LogP contribution >= 0.6 is 0 Å². The zero-order chi connectivity index (χ0) is 14.8. The molecule has 110 valence electrons. The maximum Gasteiger partial charge on any atom is 0.227 e. The van der Waals surface area contributed by atoms with Crippen molar-refractivity contribution in [2.24, 2.45) is 5.92 Å². The molecule has 0 unspecified atom stereocenters. The number of benzene rings is 1. The number of amides is 2. The van der Waals surface area contributed by atoms with Crippen LogP contribution in [0.15, 0.2) is 29.0 Å². The lowest BCUT2D eigenvalue weighted by Gasteiger charge is -2.30. The van der Waals surface area contributed by atoms with E-state index in [9.17, 15) is 9.59 Å². The van der Waals surface area contributed by atoms with E-state index in [2.05, 4.69) is 10.3 Å². The first-order valence-electron chi connectivity index (χ1n) is 7.03. The molecule has 2 aromatic rings. The summed E-state index contributed by atoms with van der Waals surface area (Å²) in [5.41, 5.74) is 2.14. The molecule has 1 saturated heterocycles. The zero-order valence-corrected chi connectivity index (χ0v) is 11.8. The number of carbonyl (C=O) groups excluding carboxylic acids is 2. The van der Waals surface area contributed by atoms with Crippen molar-refractivity contribution in [3.63, 3.8) is 0 Å². The van der Waals surface area contributed by atoms with Crippen LogP contribution in [0, 0.1) is 5.92 Å². The number of likely N-dealkylation sites (tertiary alicyclic amines) is 1. The molecule has 0 bridgehead atoms. The van der Waals surface area contributed by atoms with Crippen LogP contribution in [-0.2, 0) is 9.59 Å². The Hall–Kier alpha value is -2.37. The molecule has 1 fully saturated rings. The number of anilines is 1. The third kappa shape index (κ3) is 2.89. The molecule has 3 rings (SSSR count). The first-order chi connectivity index (χ1) is 10.1. The highest BCUT2D eigenvalue weighted by atomic mass is 16.3. The van der Waals surface area contributed by atoms with Crippen molar-refractivity contribution in [3.8, 4) is 0 Å². The summed E-state index contributed by atoms with van der Waals surface area (Å²) >= 11 is 0. The van der Waals surface area contributed by atoms with Gasteiger partial charge in [0.2, 0.25) is 11.8 Å².